The lowest BCUT2D eigenvalue weighted by molar-refractivity contribution is -0.142. The molecule has 2 saturated carbocycles. The molecule has 3 aliphatic carbocycles. The summed E-state index contributed by atoms with van der Waals surface area (Å²) in [6.45, 7) is 3.45. The number of carbonyl (C=O) groups is 2. The van der Waals surface area contributed by atoms with Crippen LogP contribution in [0, 0.1) is 11.8 Å². The largest absolute Gasteiger partial charge is 0.493 e. The minimum absolute atomic E-state index is 0.0298. The van der Waals surface area contributed by atoms with Gasteiger partial charge in [-0.1, -0.05) is 6.07 Å². The molecule has 8 nitrogen and oxygen atoms in total. The number of esters is 1. The van der Waals surface area contributed by atoms with Crippen LogP contribution in [0.4, 0.5) is 0 Å². The van der Waals surface area contributed by atoms with E-state index in [4.69, 9.17) is 18.6 Å². The van der Waals surface area contributed by atoms with Gasteiger partial charge >= 0.3 is 5.97 Å². The Kier molecular flexibility index (Phi) is 5.81. The molecule has 7 rings (SSSR count). The van der Waals surface area contributed by atoms with E-state index in [0.717, 1.165) is 62.3 Å². The summed E-state index contributed by atoms with van der Waals surface area (Å²) in [7, 11) is 3.61. The Morgan fingerprint density at radius 1 is 1.26 bits per heavy atom. The maximum Gasteiger partial charge on any atom is 0.302 e. The van der Waals surface area contributed by atoms with Crippen molar-refractivity contribution in [2.24, 2.45) is 11.8 Å². The first-order chi connectivity index (χ1) is 18.9. The Morgan fingerprint density at radius 3 is 2.90 bits per heavy atom. The molecule has 2 bridgehead atoms. The van der Waals surface area contributed by atoms with Crippen molar-refractivity contribution < 1.29 is 28.2 Å². The monoisotopic (exact) mass is 532 g/mol. The highest BCUT2D eigenvalue weighted by molar-refractivity contribution is 5.91. The first-order valence-electron chi connectivity index (χ1n) is 14.2. The van der Waals surface area contributed by atoms with E-state index in [1.54, 1.807) is 31.8 Å². The zero-order valence-electron chi connectivity index (χ0n) is 22.8. The van der Waals surface area contributed by atoms with E-state index in [9.17, 15) is 9.59 Å². The molecule has 7 atom stereocenters. The lowest BCUT2D eigenvalue weighted by Crippen LogP contribution is -2.69. The number of piperidine rings is 1. The van der Waals surface area contributed by atoms with Crippen LogP contribution in [0.25, 0.3) is 6.08 Å². The summed E-state index contributed by atoms with van der Waals surface area (Å²) < 4.78 is 23.3. The number of benzene rings is 1. The number of methoxy groups -OCH3 is 1. The van der Waals surface area contributed by atoms with E-state index in [0.29, 0.717) is 17.9 Å². The van der Waals surface area contributed by atoms with Crippen molar-refractivity contribution in [1.82, 2.24) is 9.80 Å². The van der Waals surface area contributed by atoms with Crippen molar-refractivity contribution in [3.05, 3.63) is 53.5 Å². The molecule has 3 heterocycles. The van der Waals surface area contributed by atoms with Crippen molar-refractivity contribution in [3.63, 3.8) is 0 Å². The van der Waals surface area contributed by atoms with Gasteiger partial charge in [0, 0.05) is 55.1 Å². The highest BCUT2D eigenvalue weighted by Crippen LogP contribution is 2.64. The molecular formula is C31H36N2O6. The molecule has 1 amide bonds. The van der Waals surface area contributed by atoms with Gasteiger partial charge in [0.25, 0.3) is 0 Å². The third-order valence-electron chi connectivity index (χ3n) is 10.1. The van der Waals surface area contributed by atoms with Gasteiger partial charge < -0.3 is 23.5 Å². The number of hydrogen-bond acceptors (Lipinski definition) is 7. The highest BCUT2D eigenvalue weighted by Gasteiger charge is 2.66. The number of carbonyl (C=O) groups excluding carboxylic acids is 2. The SMILES string of the molecule is COc1ccc2c3c1O[C@H]1[C@H](N(C)C(=O)C=Cc4ccoc4)CC[C@H]4[C@@H](C2)N(CC2CC2OC(C)=O)CC[C@@]341. The molecule has 206 valence electrons. The molecule has 1 spiro atoms. The molecule has 8 heteroatoms. The van der Waals surface area contributed by atoms with Crippen molar-refractivity contribution in [2.75, 3.05) is 27.2 Å². The number of hydrogen-bond donors (Lipinski definition) is 0. The zero-order chi connectivity index (χ0) is 26.9. The van der Waals surface area contributed by atoms with Gasteiger partial charge in [-0.3, -0.25) is 14.5 Å². The van der Waals surface area contributed by atoms with Crippen LogP contribution in [0.3, 0.4) is 0 Å². The van der Waals surface area contributed by atoms with Crippen LogP contribution in [0.2, 0.25) is 0 Å². The van der Waals surface area contributed by atoms with E-state index >= 15 is 0 Å². The summed E-state index contributed by atoms with van der Waals surface area (Å²) in [6, 6.07) is 6.48. The van der Waals surface area contributed by atoms with Crippen LogP contribution in [-0.4, -0.2) is 73.2 Å². The van der Waals surface area contributed by atoms with E-state index < -0.39 is 0 Å². The standard InChI is InChI=1S/C31H36N2O6/c1-18(34)38-26-15-21(26)16-33-12-11-31-22-6-7-23(32(2)27(35)9-4-19-10-13-37-17-19)30(31)39-29-25(36-3)8-5-20(28(29)31)14-24(22)33/h4-5,8-10,13,17,21-24,26,30H,6-7,11-12,14-16H2,1-3H3/t21?,22-,23+,24+,26?,30-,31-/m0/s1. The Hall–Kier alpha value is -3.26. The Morgan fingerprint density at radius 2 is 2.13 bits per heavy atom. The fraction of sp³-hybridized carbons (Fsp3) is 0.548. The van der Waals surface area contributed by atoms with Crippen LogP contribution in [-0.2, 0) is 26.2 Å². The maximum atomic E-state index is 13.3. The molecule has 2 aliphatic heterocycles. The van der Waals surface area contributed by atoms with Crippen LogP contribution in [0.5, 0.6) is 11.5 Å². The molecular weight excluding hydrogens is 496 g/mol. The molecule has 1 saturated heterocycles. The van der Waals surface area contributed by atoms with Gasteiger partial charge in [0.2, 0.25) is 5.91 Å². The Labute approximate surface area is 228 Å². The van der Waals surface area contributed by atoms with Gasteiger partial charge in [0.15, 0.2) is 11.5 Å². The van der Waals surface area contributed by atoms with Gasteiger partial charge in [-0.05, 0) is 68.3 Å². The average Bonchev–Trinajstić information content (AvgIpc) is 3.28. The summed E-state index contributed by atoms with van der Waals surface area (Å²) in [4.78, 5) is 29.3. The summed E-state index contributed by atoms with van der Waals surface area (Å²) in [5.41, 5.74) is 3.41. The smallest absolute Gasteiger partial charge is 0.302 e. The average molecular weight is 533 g/mol. The van der Waals surface area contributed by atoms with Gasteiger partial charge in [-0.25, -0.2) is 0 Å². The van der Waals surface area contributed by atoms with Crippen LogP contribution in [0.15, 0.2) is 41.2 Å². The topological polar surface area (TPSA) is 81.5 Å². The lowest BCUT2D eigenvalue weighted by atomic mass is 9.51. The zero-order valence-corrected chi connectivity index (χ0v) is 22.8. The molecule has 1 aromatic carbocycles. The van der Waals surface area contributed by atoms with E-state index in [1.807, 2.05) is 24.1 Å². The third-order valence-corrected chi connectivity index (χ3v) is 10.1. The predicted molar refractivity (Wildman–Crippen MR) is 143 cm³/mol. The molecule has 39 heavy (non-hydrogen) atoms. The predicted octanol–water partition coefficient (Wildman–Crippen LogP) is 3.82. The summed E-state index contributed by atoms with van der Waals surface area (Å²) in [6.07, 6.45) is 11.5. The minimum atomic E-state index is -0.185. The lowest BCUT2D eigenvalue weighted by Gasteiger charge is -2.60. The number of nitrogens with zero attached hydrogens (tertiary/aromatic N) is 2. The number of ether oxygens (including phenoxy) is 3. The molecule has 3 fully saturated rings. The number of rotatable bonds is 7. The van der Waals surface area contributed by atoms with Gasteiger partial charge in [-0.15, -0.1) is 0 Å². The third kappa shape index (κ3) is 3.82. The molecule has 0 N–H and O–H groups in total. The second-order valence-corrected chi connectivity index (χ2v) is 12.0. The van der Waals surface area contributed by atoms with E-state index in [1.165, 1.54) is 18.1 Å². The quantitative estimate of drug-likeness (QED) is 0.396. The van der Waals surface area contributed by atoms with Crippen LogP contribution < -0.4 is 9.47 Å². The molecule has 1 aromatic heterocycles. The Bertz CT molecular complexity index is 1320. The van der Waals surface area contributed by atoms with Crippen molar-refractivity contribution >= 4 is 18.0 Å². The van der Waals surface area contributed by atoms with E-state index in [2.05, 4.69) is 11.0 Å². The minimum Gasteiger partial charge on any atom is -0.493 e. The first-order valence-corrected chi connectivity index (χ1v) is 14.2. The fourth-order valence-corrected chi connectivity index (χ4v) is 8.26. The van der Waals surface area contributed by atoms with Crippen molar-refractivity contribution in [2.45, 2.75) is 68.7 Å². The van der Waals surface area contributed by atoms with Crippen LogP contribution in [0.1, 0.15) is 49.3 Å². The normalized spacial score (nSPS) is 33.8. The Balaban J connectivity index is 1.20. The highest BCUT2D eigenvalue weighted by atomic mass is 16.5. The number of likely N-dealkylation sites (tertiary alicyclic amines) is 1. The summed E-state index contributed by atoms with van der Waals surface area (Å²) in [5, 5.41) is 0. The summed E-state index contributed by atoms with van der Waals surface area (Å²) >= 11 is 0. The molecule has 2 aromatic rings. The van der Waals surface area contributed by atoms with Crippen molar-refractivity contribution in [3.8, 4) is 11.5 Å². The molecule has 2 unspecified atom stereocenters. The number of amides is 1. The molecule has 5 aliphatic rings. The van der Waals surface area contributed by atoms with E-state index in [-0.39, 0.29) is 35.5 Å². The van der Waals surface area contributed by atoms with Gasteiger partial charge in [0.05, 0.1) is 25.7 Å². The second kappa shape index (κ2) is 9.15. The van der Waals surface area contributed by atoms with Crippen molar-refractivity contribution in [1.29, 1.82) is 0 Å². The van der Waals surface area contributed by atoms with Crippen LogP contribution >= 0.6 is 0 Å². The summed E-state index contributed by atoms with van der Waals surface area (Å²) in [5.74, 6) is 2.33. The number of likely N-dealkylation sites (N-methyl/N-ethyl adjacent to an activating group) is 1. The number of furan rings is 1. The van der Waals surface area contributed by atoms with Gasteiger partial charge in [-0.2, -0.15) is 0 Å². The second-order valence-electron chi connectivity index (χ2n) is 12.0. The van der Waals surface area contributed by atoms with Gasteiger partial charge in [0.1, 0.15) is 12.2 Å². The maximum absolute atomic E-state index is 13.3. The fourth-order valence-electron chi connectivity index (χ4n) is 8.26. The first kappa shape index (κ1) is 24.8. The molecule has 0 radical (unpaired) electrons.